The molecule has 0 spiro atoms. The maximum Gasteiger partial charge on any atom is 0.319 e. The summed E-state index contributed by atoms with van der Waals surface area (Å²) in [6.45, 7) is 4.36. The largest absolute Gasteiger partial charge is 0.383 e. The highest BCUT2D eigenvalue weighted by Crippen LogP contribution is 2.35. The fourth-order valence-corrected chi connectivity index (χ4v) is 5.20. The zero-order valence-electron chi connectivity index (χ0n) is 21.4. The second-order valence-corrected chi connectivity index (χ2v) is 9.60. The predicted molar refractivity (Wildman–Crippen MR) is 145 cm³/mol. The van der Waals surface area contributed by atoms with Crippen molar-refractivity contribution in [2.45, 2.75) is 18.9 Å². The zero-order valence-corrected chi connectivity index (χ0v) is 21.4. The molecule has 3 aromatic carbocycles. The standard InChI is InChI=1S/C30H30F2N4O2/c1-19-25-16-23(32)11-12-24(25)29(28(33-19)20-7-4-3-5-8-20)35-30(37)34-27-18-36(13-14-38-2)17-26(27)21-9-6-10-22(31)15-21/h3-12,15-16,26-27H,13-14,17-18H2,1-2H3,(H2,34,35,37)/t26-,27+/m0/s1. The average molecular weight is 517 g/mol. The fourth-order valence-electron chi connectivity index (χ4n) is 5.20. The topological polar surface area (TPSA) is 66.5 Å². The summed E-state index contributed by atoms with van der Waals surface area (Å²) in [6, 6.07) is 19.9. The van der Waals surface area contributed by atoms with Crippen LogP contribution in [-0.4, -0.2) is 55.3 Å². The number of urea groups is 1. The number of rotatable bonds is 7. The van der Waals surface area contributed by atoms with Crippen LogP contribution in [0.5, 0.6) is 0 Å². The molecular weight excluding hydrogens is 486 g/mol. The van der Waals surface area contributed by atoms with Crippen LogP contribution in [0.1, 0.15) is 17.2 Å². The summed E-state index contributed by atoms with van der Waals surface area (Å²) >= 11 is 0. The van der Waals surface area contributed by atoms with E-state index in [-0.39, 0.29) is 23.6 Å². The molecule has 2 heterocycles. The number of ether oxygens (including phenoxy) is 1. The Labute approximate surface area is 220 Å². The molecule has 1 aliphatic rings. The number of halogens is 2. The number of nitrogens with one attached hydrogen (secondary N) is 2. The van der Waals surface area contributed by atoms with E-state index in [2.05, 4.69) is 15.5 Å². The third-order valence-corrected chi connectivity index (χ3v) is 7.04. The van der Waals surface area contributed by atoms with Crippen LogP contribution in [0.4, 0.5) is 19.3 Å². The van der Waals surface area contributed by atoms with Crippen LogP contribution in [0, 0.1) is 18.6 Å². The van der Waals surface area contributed by atoms with E-state index in [0.717, 1.165) is 11.1 Å². The number of benzene rings is 3. The van der Waals surface area contributed by atoms with Gasteiger partial charge in [0.05, 0.1) is 24.0 Å². The van der Waals surface area contributed by atoms with Crippen molar-refractivity contribution >= 4 is 22.5 Å². The maximum atomic E-state index is 14.1. The number of carbonyl (C=O) groups is 1. The van der Waals surface area contributed by atoms with Crippen molar-refractivity contribution in [2.24, 2.45) is 0 Å². The second kappa shape index (κ2) is 11.2. The molecule has 0 radical (unpaired) electrons. The van der Waals surface area contributed by atoms with Gasteiger partial charge < -0.3 is 15.4 Å². The lowest BCUT2D eigenvalue weighted by Crippen LogP contribution is -2.42. The molecule has 0 saturated carbocycles. The summed E-state index contributed by atoms with van der Waals surface area (Å²) in [7, 11) is 1.65. The Morgan fingerprint density at radius 3 is 2.55 bits per heavy atom. The van der Waals surface area contributed by atoms with E-state index >= 15 is 0 Å². The molecule has 5 rings (SSSR count). The molecule has 2 atom stereocenters. The molecule has 1 aromatic heterocycles. The van der Waals surface area contributed by atoms with Crippen LogP contribution in [0.2, 0.25) is 0 Å². The Balaban J connectivity index is 1.46. The molecule has 38 heavy (non-hydrogen) atoms. The van der Waals surface area contributed by atoms with Crippen molar-refractivity contribution < 1.29 is 18.3 Å². The van der Waals surface area contributed by atoms with Gasteiger partial charge in [0.25, 0.3) is 0 Å². The minimum atomic E-state index is -0.404. The first-order chi connectivity index (χ1) is 18.4. The molecule has 0 aliphatic carbocycles. The summed E-state index contributed by atoms with van der Waals surface area (Å²) in [5, 5.41) is 7.45. The summed E-state index contributed by atoms with van der Waals surface area (Å²) in [5.41, 5.74) is 3.44. The number of carbonyl (C=O) groups excluding carboxylic acids is 1. The van der Waals surface area contributed by atoms with Crippen LogP contribution in [0.25, 0.3) is 22.0 Å². The van der Waals surface area contributed by atoms with Crippen molar-refractivity contribution in [3.05, 3.63) is 95.7 Å². The number of fused-ring (bicyclic) bond motifs is 1. The van der Waals surface area contributed by atoms with Crippen LogP contribution >= 0.6 is 0 Å². The van der Waals surface area contributed by atoms with Gasteiger partial charge in [-0.1, -0.05) is 42.5 Å². The van der Waals surface area contributed by atoms with Gasteiger partial charge in [-0.2, -0.15) is 0 Å². The molecule has 0 unspecified atom stereocenters. The van der Waals surface area contributed by atoms with Gasteiger partial charge in [0.2, 0.25) is 0 Å². The first-order valence-corrected chi connectivity index (χ1v) is 12.6. The van der Waals surface area contributed by atoms with E-state index in [0.29, 0.717) is 54.1 Å². The number of likely N-dealkylation sites (tertiary alicyclic amines) is 1. The van der Waals surface area contributed by atoms with Crippen LogP contribution in [-0.2, 0) is 4.74 Å². The highest BCUT2D eigenvalue weighted by atomic mass is 19.1. The minimum absolute atomic E-state index is 0.0936. The number of methoxy groups -OCH3 is 1. The molecule has 6 nitrogen and oxygen atoms in total. The molecule has 1 fully saturated rings. The van der Waals surface area contributed by atoms with Gasteiger partial charge >= 0.3 is 6.03 Å². The molecule has 1 saturated heterocycles. The van der Waals surface area contributed by atoms with E-state index in [1.807, 2.05) is 43.3 Å². The summed E-state index contributed by atoms with van der Waals surface area (Å²) in [6.07, 6.45) is 0. The van der Waals surface area contributed by atoms with Gasteiger partial charge in [-0.3, -0.25) is 9.88 Å². The van der Waals surface area contributed by atoms with Crippen molar-refractivity contribution in [1.82, 2.24) is 15.2 Å². The quantitative estimate of drug-likeness (QED) is 0.330. The number of nitrogens with zero attached hydrogens (tertiary/aromatic N) is 2. The third kappa shape index (κ3) is 5.51. The molecule has 196 valence electrons. The second-order valence-electron chi connectivity index (χ2n) is 9.60. The number of aryl methyl sites for hydroxylation is 1. The predicted octanol–water partition coefficient (Wildman–Crippen LogP) is 5.72. The molecule has 4 aromatic rings. The van der Waals surface area contributed by atoms with Crippen LogP contribution < -0.4 is 10.6 Å². The Bertz CT molecular complexity index is 1450. The molecule has 2 N–H and O–H groups in total. The monoisotopic (exact) mass is 516 g/mol. The third-order valence-electron chi connectivity index (χ3n) is 7.04. The number of amides is 2. The lowest BCUT2D eigenvalue weighted by atomic mass is 9.94. The van der Waals surface area contributed by atoms with Gasteiger partial charge in [0, 0.05) is 54.7 Å². The molecule has 1 aliphatic heterocycles. The normalized spacial score (nSPS) is 17.6. The van der Waals surface area contributed by atoms with Crippen LogP contribution in [0.3, 0.4) is 0 Å². The number of aromatic nitrogens is 1. The van der Waals surface area contributed by atoms with Gasteiger partial charge in [0.15, 0.2) is 0 Å². The van der Waals surface area contributed by atoms with Gasteiger partial charge in [-0.25, -0.2) is 13.6 Å². The smallest absolute Gasteiger partial charge is 0.319 e. The highest BCUT2D eigenvalue weighted by Gasteiger charge is 2.35. The minimum Gasteiger partial charge on any atom is -0.383 e. The van der Waals surface area contributed by atoms with E-state index in [4.69, 9.17) is 9.72 Å². The summed E-state index contributed by atoms with van der Waals surface area (Å²) in [5.74, 6) is -0.771. The first-order valence-electron chi connectivity index (χ1n) is 12.6. The molecular formula is C30H30F2N4O2. The Kier molecular flexibility index (Phi) is 7.62. The SMILES string of the molecule is COCCN1C[C@@H](NC(=O)Nc2c(-c3ccccc3)nc(C)c3cc(F)ccc23)[C@H](c2cccc(F)c2)C1. The van der Waals surface area contributed by atoms with E-state index < -0.39 is 6.03 Å². The van der Waals surface area contributed by atoms with Crippen molar-refractivity contribution in [2.75, 3.05) is 38.7 Å². The van der Waals surface area contributed by atoms with Gasteiger partial charge in [-0.15, -0.1) is 0 Å². The first kappa shape index (κ1) is 25.8. The lowest BCUT2D eigenvalue weighted by molar-refractivity contribution is 0.159. The van der Waals surface area contributed by atoms with E-state index in [1.165, 1.54) is 24.3 Å². The van der Waals surface area contributed by atoms with Gasteiger partial charge in [-0.05, 0) is 42.8 Å². The Morgan fingerprint density at radius 1 is 1.00 bits per heavy atom. The van der Waals surface area contributed by atoms with Crippen LogP contribution in [0.15, 0.2) is 72.8 Å². The summed E-state index contributed by atoms with van der Waals surface area (Å²) in [4.78, 5) is 20.4. The maximum absolute atomic E-state index is 14.1. The number of hydrogen-bond donors (Lipinski definition) is 2. The zero-order chi connectivity index (χ0) is 26.6. The molecule has 8 heteroatoms. The summed E-state index contributed by atoms with van der Waals surface area (Å²) < 4.78 is 33.4. The lowest BCUT2D eigenvalue weighted by Gasteiger charge is -2.22. The Hall–Kier alpha value is -3.88. The highest BCUT2D eigenvalue weighted by molar-refractivity contribution is 6.07. The number of pyridine rings is 1. The fraction of sp³-hybridized carbons (Fsp3) is 0.267. The van der Waals surface area contributed by atoms with E-state index in [1.54, 1.807) is 19.2 Å². The number of anilines is 1. The van der Waals surface area contributed by atoms with Gasteiger partial charge in [0.1, 0.15) is 11.6 Å². The Morgan fingerprint density at radius 2 is 1.79 bits per heavy atom. The molecule has 2 amide bonds. The molecule has 0 bridgehead atoms. The number of hydrogen-bond acceptors (Lipinski definition) is 4. The van der Waals surface area contributed by atoms with Crippen molar-refractivity contribution in [3.63, 3.8) is 0 Å². The van der Waals surface area contributed by atoms with Crippen molar-refractivity contribution in [3.8, 4) is 11.3 Å². The average Bonchev–Trinajstić information content (AvgIpc) is 3.31. The van der Waals surface area contributed by atoms with Crippen molar-refractivity contribution in [1.29, 1.82) is 0 Å². The van der Waals surface area contributed by atoms with E-state index in [9.17, 15) is 13.6 Å².